The van der Waals surface area contributed by atoms with Gasteiger partial charge in [-0.3, -0.25) is 0 Å². The number of anilines is 3. The monoisotopic (exact) mass is 347 g/mol. The van der Waals surface area contributed by atoms with E-state index in [2.05, 4.69) is 37.8 Å². The maximum absolute atomic E-state index is 9.31. The molecule has 1 aliphatic rings. The van der Waals surface area contributed by atoms with Crippen molar-refractivity contribution in [3.8, 4) is 0 Å². The number of nitrogens with one attached hydrogen (secondary N) is 1. The van der Waals surface area contributed by atoms with Gasteiger partial charge in [0.2, 0.25) is 5.13 Å². The van der Waals surface area contributed by atoms with Gasteiger partial charge in [0.1, 0.15) is 0 Å². The molecule has 0 saturated carbocycles. The summed E-state index contributed by atoms with van der Waals surface area (Å²) in [6.07, 6.45) is 2.09. The second-order valence-electron chi connectivity index (χ2n) is 6.37. The molecule has 0 bridgehead atoms. The molecule has 130 valence electrons. The molecule has 1 aliphatic heterocycles. The lowest BCUT2D eigenvalue weighted by Gasteiger charge is -2.34. The first-order valence-corrected chi connectivity index (χ1v) is 9.13. The molecule has 0 atom stereocenters. The molecule has 24 heavy (non-hydrogen) atoms. The Bertz CT molecular complexity index is 652. The van der Waals surface area contributed by atoms with Crippen molar-refractivity contribution < 1.29 is 5.11 Å². The van der Waals surface area contributed by atoms with Crippen molar-refractivity contribution >= 4 is 28.0 Å². The van der Waals surface area contributed by atoms with Crippen molar-refractivity contribution in [2.75, 3.05) is 48.9 Å². The highest BCUT2D eigenvalue weighted by atomic mass is 32.1. The van der Waals surface area contributed by atoms with E-state index in [0.29, 0.717) is 19.1 Å². The van der Waals surface area contributed by atoms with Crippen LogP contribution < -0.4 is 15.1 Å². The summed E-state index contributed by atoms with van der Waals surface area (Å²) in [6.45, 7) is 2.90. The van der Waals surface area contributed by atoms with Gasteiger partial charge in [0.05, 0.1) is 17.9 Å². The zero-order valence-electron chi connectivity index (χ0n) is 14.3. The highest BCUT2D eigenvalue weighted by Crippen LogP contribution is 2.30. The van der Waals surface area contributed by atoms with Crippen molar-refractivity contribution in [3.05, 3.63) is 30.1 Å². The van der Waals surface area contributed by atoms with Crippen molar-refractivity contribution in [2.24, 2.45) is 5.92 Å². The number of hydrogen-bond donors (Lipinski definition) is 2. The lowest BCUT2D eigenvalue weighted by Crippen LogP contribution is -2.35. The van der Waals surface area contributed by atoms with Crippen LogP contribution in [0.4, 0.5) is 16.5 Å². The third kappa shape index (κ3) is 3.96. The van der Waals surface area contributed by atoms with E-state index >= 15 is 0 Å². The topological polar surface area (TPSA) is 64.5 Å². The maximum atomic E-state index is 9.31. The van der Waals surface area contributed by atoms with E-state index in [9.17, 15) is 5.11 Å². The molecule has 1 saturated heterocycles. The van der Waals surface area contributed by atoms with E-state index in [-0.39, 0.29) is 0 Å². The minimum Gasteiger partial charge on any atom is -0.396 e. The van der Waals surface area contributed by atoms with Crippen LogP contribution >= 0.6 is 11.5 Å². The standard InChI is InChI=1S/C17H25N5OS/c1-21(2)17-19-16(20-24-17)11-18-14-5-3-4-6-15(14)22-9-7-13(12-23)8-10-22/h3-6,13,18,23H,7-12H2,1-2H3. The van der Waals surface area contributed by atoms with Gasteiger partial charge in [-0.05, 0) is 30.9 Å². The van der Waals surface area contributed by atoms with Crippen molar-refractivity contribution in [1.82, 2.24) is 9.36 Å². The molecule has 1 fully saturated rings. The van der Waals surface area contributed by atoms with Gasteiger partial charge in [-0.15, -0.1) is 0 Å². The molecular formula is C17H25N5OS. The second-order valence-corrected chi connectivity index (χ2v) is 7.10. The van der Waals surface area contributed by atoms with Crippen LogP contribution in [0.1, 0.15) is 18.7 Å². The predicted molar refractivity (Wildman–Crippen MR) is 100 cm³/mol. The Morgan fingerprint density at radius 1 is 1.29 bits per heavy atom. The van der Waals surface area contributed by atoms with Gasteiger partial charge >= 0.3 is 0 Å². The SMILES string of the molecule is CN(C)c1nc(CNc2ccccc2N2CCC(CO)CC2)ns1. The molecule has 0 spiro atoms. The summed E-state index contributed by atoms with van der Waals surface area (Å²) >= 11 is 1.42. The van der Waals surface area contributed by atoms with E-state index in [1.54, 1.807) is 0 Å². The molecule has 3 rings (SSSR count). The van der Waals surface area contributed by atoms with Crippen LogP contribution in [0.5, 0.6) is 0 Å². The minimum absolute atomic E-state index is 0.303. The quantitative estimate of drug-likeness (QED) is 0.837. The third-order valence-corrected chi connectivity index (χ3v) is 5.32. The van der Waals surface area contributed by atoms with E-state index in [0.717, 1.165) is 42.6 Å². The number of aliphatic hydroxyl groups is 1. The summed E-state index contributed by atoms with van der Waals surface area (Å²) in [7, 11) is 3.95. The van der Waals surface area contributed by atoms with Crippen LogP contribution in [0.3, 0.4) is 0 Å². The number of aromatic nitrogens is 2. The van der Waals surface area contributed by atoms with Gasteiger partial charge in [-0.25, -0.2) is 4.98 Å². The summed E-state index contributed by atoms with van der Waals surface area (Å²) in [5.41, 5.74) is 2.33. The molecular weight excluding hydrogens is 322 g/mol. The number of hydrogen-bond acceptors (Lipinski definition) is 7. The molecule has 2 aromatic rings. The minimum atomic E-state index is 0.303. The molecule has 2 heterocycles. The lowest BCUT2D eigenvalue weighted by atomic mass is 9.97. The Balaban J connectivity index is 1.65. The van der Waals surface area contributed by atoms with Crippen LogP contribution in [0.25, 0.3) is 0 Å². The molecule has 1 aromatic heterocycles. The Kier molecular flexibility index (Phi) is 5.52. The molecule has 7 heteroatoms. The average molecular weight is 347 g/mol. The number of rotatable bonds is 6. The zero-order valence-corrected chi connectivity index (χ0v) is 15.1. The maximum Gasteiger partial charge on any atom is 0.204 e. The van der Waals surface area contributed by atoms with Crippen LogP contribution in [0.15, 0.2) is 24.3 Å². The summed E-state index contributed by atoms with van der Waals surface area (Å²) in [5.74, 6) is 1.27. The fourth-order valence-electron chi connectivity index (χ4n) is 2.93. The average Bonchev–Trinajstić information content (AvgIpc) is 3.10. The normalized spacial score (nSPS) is 15.5. The third-order valence-electron chi connectivity index (χ3n) is 4.39. The Hall–Kier alpha value is -1.86. The van der Waals surface area contributed by atoms with Gasteiger partial charge in [0.25, 0.3) is 0 Å². The summed E-state index contributed by atoms with van der Waals surface area (Å²) in [5, 5.41) is 13.7. The van der Waals surface area contributed by atoms with Gasteiger partial charge in [0.15, 0.2) is 5.82 Å². The predicted octanol–water partition coefficient (Wildman–Crippen LogP) is 2.42. The first-order valence-electron chi connectivity index (χ1n) is 8.36. The van der Waals surface area contributed by atoms with E-state index < -0.39 is 0 Å². The fraction of sp³-hybridized carbons (Fsp3) is 0.529. The molecule has 2 N–H and O–H groups in total. The van der Waals surface area contributed by atoms with Crippen LogP contribution in [0, 0.1) is 5.92 Å². The number of para-hydroxylation sites is 2. The lowest BCUT2D eigenvalue weighted by molar-refractivity contribution is 0.203. The van der Waals surface area contributed by atoms with Crippen molar-refractivity contribution in [3.63, 3.8) is 0 Å². The molecule has 6 nitrogen and oxygen atoms in total. The van der Waals surface area contributed by atoms with Crippen molar-refractivity contribution in [1.29, 1.82) is 0 Å². The fourth-order valence-corrected chi connectivity index (χ4v) is 3.53. The molecule has 1 aromatic carbocycles. The van der Waals surface area contributed by atoms with Gasteiger partial charge in [-0.2, -0.15) is 4.37 Å². The zero-order chi connectivity index (χ0) is 16.9. The molecule has 0 amide bonds. The van der Waals surface area contributed by atoms with Gasteiger partial charge in [-0.1, -0.05) is 12.1 Å². The summed E-state index contributed by atoms with van der Waals surface area (Å²) < 4.78 is 4.40. The van der Waals surface area contributed by atoms with E-state index in [4.69, 9.17) is 0 Å². The summed E-state index contributed by atoms with van der Waals surface area (Å²) in [6, 6.07) is 8.38. The van der Waals surface area contributed by atoms with Gasteiger partial charge in [0, 0.05) is 45.3 Å². The number of piperidine rings is 1. The Labute approximate surface area is 147 Å². The molecule has 0 aliphatic carbocycles. The van der Waals surface area contributed by atoms with Gasteiger partial charge < -0.3 is 20.2 Å². The first kappa shape index (κ1) is 17.0. The number of benzene rings is 1. The van der Waals surface area contributed by atoms with Crippen LogP contribution in [0.2, 0.25) is 0 Å². The number of nitrogens with zero attached hydrogens (tertiary/aromatic N) is 4. The molecule has 0 radical (unpaired) electrons. The van der Waals surface area contributed by atoms with Crippen LogP contribution in [-0.4, -0.2) is 48.3 Å². The summed E-state index contributed by atoms with van der Waals surface area (Å²) in [4.78, 5) is 8.89. The Morgan fingerprint density at radius 2 is 2.04 bits per heavy atom. The second kappa shape index (κ2) is 7.81. The van der Waals surface area contributed by atoms with Crippen molar-refractivity contribution in [2.45, 2.75) is 19.4 Å². The number of aliphatic hydroxyl groups excluding tert-OH is 1. The largest absolute Gasteiger partial charge is 0.396 e. The smallest absolute Gasteiger partial charge is 0.204 e. The Morgan fingerprint density at radius 3 is 2.71 bits per heavy atom. The highest BCUT2D eigenvalue weighted by molar-refractivity contribution is 7.09. The van der Waals surface area contributed by atoms with Crippen LogP contribution in [-0.2, 0) is 6.54 Å². The highest BCUT2D eigenvalue weighted by Gasteiger charge is 2.20. The molecule has 0 unspecified atom stereocenters. The first-order chi connectivity index (χ1) is 11.7. The van der Waals surface area contributed by atoms with E-state index in [1.807, 2.05) is 25.1 Å². The van der Waals surface area contributed by atoms with E-state index in [1.165, 1.54) is 17.2 Å².